The van der Waals surface area contributed by atoms with Crippen molar-refractivity contribution in [3.05, 3.63) is 95.1 Å². The van der Waals surface area contributed by atoms with Crippen LogP contribution in [0.5, 0.6) is 0 Å². The van der Waals surface area contributed by atoms with Crippen molar-refractivity contribution in [3.63, 3.8) is 0 Å². The first kappa shape index (κ1) is 23.6. The van der Waals surface area contributed by atoms with Gasteiger partial charge in [-0.2, -0.15) is 0 Å². The van der Waals surface area contributed by atoms with Gasteiger partial charge in [0.15, 0.2) is 0 Å². The second-order valence-corrected chi connectivity index (χ2v) is 9.99. The summed E-state index contributed by atoms with van der Waals surface area (Å²) in [5.41, 5.74) is 12.4. The first-order chi connectivity index (χ1) is 16.2. The molecule has 0 heterocycles. The van der Waals surface area contributed by atoms with Crippen molar-refractivity contribution in [2.24, 2.45) is 5.73 Å². The second-order valence-electron chi connectivity index (χ2n) is 9.99. The number of fused-ring (bicyclic) bond motifs is 3. The van der Waals surface area contributed by atoms with Gasteiger partial charge in [-0.3, -0.25) is 4.79 Å². The number of nitrogens with one attached hydrogen (secondary N) is 1. The van der Waals surface area contributed by atoms with Gasteiger partial charge in [0, 0.05) is 18.4 Å². The van der Waals surface area contributed by atoms with Crippen molar-refractivity contribution in [2.45, 2.75) is 51.0 Å². The van der Waals surface area contributed by atoms with Crippen LogP contribution < -0.4 is 11.1 Å². The molecule has 0 spiro atoms. The molecule has 1 unspecified atom stereocenters. The second kappa shape index (κ2) is 9.72. The zero-order valence-electron chi connectivity index (χ0n) is 20.0. The van der Waals surface area contributed by atoms with E-state index in [-0.39, 0.29) is 24.4 Å². The standard InChI is InChI=1S/C29H32N2O3/c1-29(2,3)20-14-12-19(13-15-20)16-21(17-27(30)32)31-28(33)34-18-26-24-10-6-4-8-22(24)23-9-5-7-11-25(23)26/h4-15,21,26H,16-18H2,1-3H3,(H2,30,32)(H,31,33). The average molecular weight is 457 g/mol. The van der Waals surface area contributed by atoms with Crippen molar-refractivity contribution >= 4 is 12.0 Å². The molecule has 2 amide bonds. The summed E-state index contributed by atoms with van der Waals surface area (Å²) < 4.78 is 5.65. The van der Waals surface area contributed by atoms with Crippen molar-refractivity contribution in [1.29, 1.82) is 0 Å². The minimum Gasteiger partial charge on any atom is -0.449 e. The lowest BCUT2D eigenvalue weighted by Crippen LogP contribution is -2.40. The number of hydrogen-bond acceptors (Lipinski definition) is 3. The summed E-state index contributed by atoms with van der Waals surface area (Å²) in [4.78, 5) is 24.3. The number of nitrogens with two attached hydrogens (primary N) is 1. The van der Waals surface area contributed by atoms with Gasteiger partial charge in [-0.25, -0.2) is 4.79 Å². The van der Waals surface area contributed by atoms with Gasteiger partial charge in [0.25, 0.3) is 0 Å². The average Bonchev–Trinajstić information content (AvgIpc) is 3.11. The third-order valence-corrected chi connectivity index (χ3v) is 6.42. The van der Waals surface area contributed by atoms with E-state index in [2.05, 4.69) is 62.5 Å². The highest BCUT2D eigenvalue weighted by Gasteiger charge is 2.29. The molecule has 0 saturated carbocycles. The molecule has 1 aliphatic rings. The van der Waals surface area contributed by atoms with Crippen LogP contribution in [0, 0.1) is 0 Å². The van der Waals surface area contributed by atoms with Crippen LogP contribution in [0.4, 0.5) is 4.79 Å². The number of primary amides is 1. The quantitative estimate of drug-likeness (QED) is 0.506. The third kappa shape index (κ3) is 5.30. The van der Waals surface area contributed by atoms with E-state index in [0.717, 1.165) is 16.7 Å². The maximum atomic E-state index is 12.7. The molecule has 0 radical (unpaired) electrons. The maximum absolute atomic E-state index is 12.7. The number of alkyl carbamates (subject to hydrolysis) is 1. The molecule has 4 rings (SSSR count). The van der Waals surface area contributed by atoms with Gasteiger partial charge in [-0.05, 0) is 45.2 Å². The fourth-order valence-electron chi connectivity index (χ4n) is 4.65. The van der Waals surface area contributed by atoms with E-state index in [4.69, 9.17) is 10.5 Å². The van der Waals surface area contributed by atoms with Gasteiger partial charge in [0.2, 0.25) is 5.91 Å². The Morgan fingerprint density at radius 3 is 2.00 bits per heavy atom. The van der Waals surface area contributed by atoms with E-state index in [1.807, 2.05) is 36.4 Å². The Bertz CT molecular complexity index is 1130. The van der Waals surface area contributed by atoms with E-state index in [0.29, 0.717) is 6.42 Å². The first-order valence-corrected chi connectivity index (χ1v) is 11.7. The van der Waals surface area contributed by atoms with E-state index in [1.165, 1.54) is 16.7 Å². The summed E-state index contributed by atoms with van der Waals surface area (Å²) in [5, 5.41) is 2.85. The Morgan fingerprint density at radius 1 is 0.912 bits per heavy atom. The predicted molar refractivity (Wildman–Crippen MR) is 135 cm³/mol. The molecule has 3 aromatic rings. The molecule has 0 saturated heterocycles. The van der Waals surface area contributed by atoms with Crippen LogP contribution in [-0.2, 0) is 21.4 Å². The number of hydrogen-bond donors (Lipinski definition) is 2. The Kier molecular flexibility index (Phi) is 6.73. The topological polar surface area (TPSA) is 81.4 Å². The molecule has 5 heteroatoms. The third-order valence-electron chi connectivity index (χ3n) is 6.42. The van der Waals surface area contributed by atoms with Gasteiger partial charge in [0.1, 0.15) is 6.61 Å². The summed E-state index contributed by atoms with van der Waals surface area (Å²) in [5.74, 6) is -0.479. The van der Waals surface area contributed by atoms with Crippen LogP contribution >= 0.6 is 0 Å². The zero-order chi connectivity index (χ0) is 24.3. The van der Waals surface area contributed by atoms with Gasteiger partial charge in [0.05, 0.1) is 0 Å². The predicted octanol–water partition coefficient (Wildman–Crippen LogP) is 5.31. The van der Waals surface area contributed by atoms with Crippen molar-refractivity contribution in [3.8, 4) is 11.1 Å². The van der Waals surface area contributed by atoms with Crippen molar-refractivity contribution in [1.82, 2.24) is 5.32 Å². The minimum absolute atomic E-state index is 0.0160. The summed E-state index contributed by atoms with van der Waals surface area (Å²) in [6.45, 7) is 6.72. The van der Waals surface area contributed by atoms with E-state index in [1.54, 1.807) is 0 Å². The molecule has 0 aromatic heterocycles. The van der Waals surface area contributed by atoms with Crippen LogP contribution in [0.1, 0.15) is 55.4 Å². The SMILES string of the molecule is CC(C)(C)c1ccc(CC(CC(N)=O)NC(=O)OCC2c3ccccc3-c3ccccc32)cc1. The Hall–Kier alpha value is -3.60. The largest absolute Gasteiger partial charge is 0.449 e. The van der Waals surface area contributed by atoms with Crippen LogP contribution in [0.15, 0.2) is 72.8 Å². The molecule has 34 heavy (non-hydrogen) atoms. The molecule has 176 valence electrons. The van der Waals surface area contributed by atoms with E-state index in [9.17, 15) is 9.59 Å². The molecule has 0 fully saturated rings. The smallest absolute Gasteiger partial charge is 0.407 e. The number of amides is 2. The lowest BCUT2D eigenvalue weighted by molar-refractivity contribution is -0.118. The summed E-state index contributed by atoms with van der Waals surface area (Å²) in [7, 11) is 0. The van der Waals surface area contributed by atoms with E-state index >= 15 is 0 Å². The normalized spacial score (nSPS) is 13.6. The maximum Gasteiger partial charge on any atom is 0.407 e. The van der Waals surface area contributed by atoms with E-state index < -0.39 is 18.0 Å². The lowest BCUT2D eigenvalue weighted by Gasteiger charge is -2.21. The Morgan fingerprint density at radius 2 is 1.47 bits per heavy atom. The summed E-state index contributed by atoms with van der Waals surface area (Å²) in [6.07, 6.45) is 0.00222. The molecule has 1 atom stereocenters. The molecule has 3 aromatic carbocycles. The van der Waals surface area contributed by atoms with Crippen molar-refractivity contribution < 1.29 is 14.3 Å². The van der Waals surface area contributed by atoms with Crippen LogP contribution in [0.25, 0.3) is 11.1 Å². The lowest BCUT2D eigenvalue weighted by atomic mass is 9.86. The number of rotatable bonds is 7. The molecular weight excluding hydrogens is 424 g/mol. The molecule has 1 aliphatic carbocycles. The molecule has 0 bridgehead atoms. The van der Waals surface area contributed by atoms with Gasteiger partial charge in [-0.1, -0.05) is 93.6 Å². The highest BCUT2D eigenvalue weighted by Crippen LogP contribution is 2.44. The molecule has 5 nitrogen and oxygen atoms in total. The number of benzene rings is 3. The van der Waals surface area contributed by atoms with Crippen LogP contribution in [-0.4, -0.2) is 24.6 Å². The van der Waals surface area contributed by atoms with Gasteiger partial charge < -0.3 is 15.8 Å². The summed E-state index contributed by atoms with van der Waals surface area (Å²) >= 11 is 0. The molecule has 0 aliphatic heterocycles. The zero-order valence-corrected chi connectivity index (χ0v) is 20.0. The molecular formula is C29H32N2O3. The Labute approximate surface area is 201 Å². The van der Waals surface area contributed by atoms with Crippen LogP contribution in [0.3, 0.4) is 0 Å². The summed E-state index contributed by atoms with van der Waals surface area (Å²) in [6, 6.07) is 24.2. The van der Waals surface area contributed by atoms with Crippen molar-refractivity contribution in [2.75, 3.05) is 6.61 Å². The van der Waals surface area contributed by atoms with Gasteiger partial charge >= 0.3 is 6.09 Å². The van der Waals surface area contributed by atoms with Crippen LogP contribution in [0.2, 0.25) is 0 Å². The monoisotopic (exact) mass is 456 g/mol. The Balaban J connectivity index is 1.41. The van der Waals surface area contributed by atoms with Gasteiger partial charge in [-0.15, -0.1) is 0 Å². The fourth-order valence-corrected chi connectivity index (χ4v) is 4.65. The first-order valence-electron chi connectivity index (χ1n) is 11.7. The molecule has 3 N–H and O–H groups in total. The fraction of sp³-hybridized carbons (Fsp3) is 0.310. The minimum atomic E-state index is -0.542. The number of ether oxygens (including phenoxy) is 1. The number of carbonyl (C=O) groups excluding carboxylic acids is 2. The highest BCUT2D eigenvalue weighted by molar-refractivity contribution is 5.79. The highest BCUT2D eigenvalue weighted by atomic mass is 16.5. The number of carbonyl (C=O) groups is 2.